The summed E-state index contributed by atoms with van der Waals surface area (Å²) < 4.78 is 0. The summed E-state index contributed by atoms with van der Waals surface area (Å²) in [7, 11) is 1.80. The maximum atomic E-state index is 12.7. The number of rotatable bonds is 6. The van der Waals surface area contributed by atoms with Gasteiger partial charge in [-0.2, -0.15) is 0 Å². The van der Waals surface area contributed by atoms with E-state index in [9.17, 15) is 14.4 Å². The third-order valence-corrected chi connectivity index (χ3v) is 6.19. The Hall–Kier alpha value is -2.89. The molecule has 1 saturated heterocycles. The number of urea groups is 1. The molecule has 1 heterocycles. The summed E-state index contributed by atoms with van der Waals surface area (Å²) in [5, 5.41) is 5.19. The highest BCUT2D eigenvalue weighted by atomic mass is 16.2. The van der Waals surface area contributed by atoms with Crippen molar-refractivity contribution in [1.82, 2.24) is 15.1 Å². The summed E-state index contributed by atoms with van der Waals surface area (Å²) in [5.41, 5.74) is 0.433. The van der Waals surface area contributed by atoms with Crippen molar-refractivity contribution in [3.05, 3.63) is 48.0 Å². The molecule has 2 fully saturated rings. The molecule has 0 atom stereocenters. The van der Waals surface area contributed by atoms with Gasteiger partial charge in [-0.1, -0.05) is 55.3 Å². The summed E-state index contributed by atoms with van der Waals surface area (Å²) in [6, 6.07) is 13.9. The van der Waals surface area contributed by atoms with Gasteiger partial charge in [0.2, 0.25) is 5.91 Å². The number of amides is 4. The topological polar surface area (TPSA) is 69.7 Å². The summed E-state index contributed by atoms with van der Waals surface area (Å²) >= 11 is 0. The third kappa shape index (κ3) is 3.71. The average Bonchev–Trinajstić information content (AvgIpc) is 3.28. The van der Waals surface area contributed by atoms with Crippen LogP contribution < -0.4 is 5.32 Å². The van der Waals surface area contributed by atoms with Crippen LogP contribution in [-0.4, -0.2) is 46.8 Å². The lowest BCUT2D eigenvalue weighted by Crippen LogP contribution is -2.44. The van der Waals surface area contributed by atoms with Crippen molar-refractivity contribution < 1.29 is 14.4 Å². The number of fused-ring (bicyclic) bond motifs is 1. The molecule has 29 heavy (non-hydrogen) atoms. The molecule has 0 unspecified atom stereocenters. The van der Waals surface area contributed by atoms with E-state index in [1.165, 1.54) is 4.90 Å². The maximum Gasteiger partial charge on any atom is 0.325 e. The van der Waals surface area contributed by atoms with Crippen molar-refractivity contribution in [3.8, 4) is 0 Å². The number of imide groups is 1. The molecule has 0 bridgehead atoms. The minimum Gasteiger partial charge on any atom is -0.341 e. The first-order valence-corrected chi connectivity index (χ1v) is 10.3. The fourth-order valence-electron chi connectivity index (χ4n) is 4.55. The number of nitrogens with one attached hydrogen (secondary N) is 1. The average molecular weight is 393 g/mol. The van der Waals surface area contributed by atoms with Crippen LogP contribution in [0.1, 0.15) is 44.1 Å². The van der Waals surface area contributed by atoms with Crippen LogP contribution in [-0.2, 0) is 16.1 Å². The van der Waals surface area contributed by atoms with Crippen molar-refractivity contribution in [1.29, 1.82) is 0 Å². The van der Waals surface area contributed by atoms with E-state index < -0.39 is 5.54 Å². The van der Waals surface area contributed by atoms with Crippen molar-refractivity contribution in [2.75, 3.05) is 13.6 Å². The largest absolute Gasteiger partial charge is 0.341 e. The number of nitrogens with zero attached hydrogens (tertiary/aromatic N) is 2. The van der Waals surface area contributed by atoms with Gasteiger partial charge in [-0.25, -0.2) is 4.79 Å². The van der Waals surface area contributed by atoms with E-state index in [2.05, 4.69) is 23.5 Å². The van der Waals surface area contributed by atoms with E-state index in [1.54, 1.807) is 11.9 Å². The molecule has 0 radical (unpaired) electrons. The molecule has 1 spiro atoms. The van der Waals surface area contributed by atoms with E-state index in [0.29, 0.717) is 25.9 Å². The minimum absolute atomic E-state index is 0.0144. The Kier molecular flexibility index (Phi) is 5.26. The highest BCUT2D eigenvalue weighted by molar-refractivity contribution is 6.07. The van der Waals surface area contributed by atoms with E-state index in [-0.39, 0.29) is 17.8 Å². The van der Waals surface area contributed by atoms with E-state index in [1.807, 2.05) is 24.3 Å². The van der Waals surface area contributed by atoms with Gasteiger partial charge in [0.05, 0.1) is 0 Å². The predicted octanol–water partition coefficient (Wildman–Crippen LogP) is 3.44. The van der Waals surface area contributed by atoms with Crippen LogP contribution >= 0.6 is 0 Å². The second-order valence-corrected chi connectivity index (χ2v) is 8.17. The van der Waals surface area contributed by atoms with Gasteiger partial charge in [0.15, 0.2) is 0 Å². The van der Waals surface area contributed by atoms with Crippen LogP contribution in [0.15, 0.2) is 42.5 Å². The Balaban J connectivity index is 1.32. The van der Waals surface area contributed by atoms with Crippen LogP contribution in [0.25, 0.3) is 10.8 Å². The summed E-state index contributed by atoms with van der Waals surface area (Å²) in [5.74, 6) is -0.0999. The molecule has 0 aromatic heterocycles. The first-order chi connectivity index (χ1) is 14.0. The fourth-order valence-corrected chi connectivity index (χ4v) is 4.55. The van der Waals surface area contributed by atoms with Crippen molar-refractivity contribution >= 4 is 28.6 Å². The Morgan fingerprint density at radius 2 is 1.83 bits per heavy atom. The van der Waals surface area contributed by atoms with Crippen LogP contribution in [0.3, 0.4) is 0 Å². The fraction of sp³-hybridized carbons (Fsp3) is 0.435. The lowest BCUT2D eigenvalue weighted by atomic mass is 9.98. The van der Waals surface area contributed by atoms with Gasteiger partial charge in [-0.05, 0) is 35.6 Å². The molecule has 1 aliphatic carbocycles. The number of carbonyl (C=O) groups is 3. The predicted molar refractivity (Wildman–Crippen MR) is 111 cm³/mol. The van der Waals surface area contributed by atoms with Gasteiger partial charge in [0.25, 0.3) is 5.91 Å². The standard InChI is InChI=1S/C23H27N3O3/c1-25(16-18-10-6-9-17-8-2-3-11-19(17)18)20(27)12-7-15-26-21(28)23(24-22(26)29)13-4-5-14-23/h2-3,6,8-11H,4-5,7,12-16H2,1H3,(H,24,29). The monoisotopic (exact) mass is 393 g/mol. The second kappa shape index (κ2) is 7.85. The first kappa shape index (κ1) is 19.4. The summed E-state index contributed by atoms with van der Waals surface area (Å²) in [6.07, 6.45) is 4.18. The first-order valence-electron chi connectivity index (χ1n) is 10.3. The molecule has 4 rings (SSSR count). The molecule has 1 aliphatic heterocycles. The molecule has 2 aliphatic rings. The Morgan fingerprint density at radius 3 is 2.62 bits per heavy atom. The smallest absolute Gasteiger partial charge is 0.325 e. The zero-order valence-corrected chi connectivity index (χ0v) is 16.8. The highest BCUT2D eigenvalue weighted by Crippen LogP contribution is 2.35. The van der Waals surface area contributed by atoms with Crippen LogP contribution in [0.4, 0.5) is 4.79 Å². The minimum atomic E-state index is -0.674. The van der Waals surface area contributed by atoms with Crippen LogP contribution in [0, 0.1) is 0 Å². The Bertz CT molecular complexity index is 944. The molecule has 4 amide bonds. The molecular formula is C23H27N3O3. The summed E-state index contributed by atoms with van der Waals surface area (Å²) in [6.45, 7) is 0.826. The van der Waals surface area contributed by atoms with Crippen LogP contribution in [0.5, 0.6) is 0 Å². The quantitative estimate of drug-likeness (QED) is 0.765. The van der Waals surface area contributed by atoms with Crippen molar-refractivity contribution in [2.24, 2.45) is 0 Å². The second-order valence-electron chi connectivity index (χ2n) is 8.17. The van der Waals surface area contributed by atoms with Gasteiger partial charge < -0.3 is 10.2 Å². The lowest BCUT2D eigenvalue weighted by molar-refractivity contribution is -0.133. The number of hydrogen-bond donors (Lipinski definition) is 1. The zero-order chi connectivity index (χ0) is 20.4. The number of carbonyl (C=O) groups excluding carboxylic acids is 3. The van der Waals surface area contributed by atoms with E-state index in [4.69, 9.17) is 0 Å². The molecule has 1 N–H and O–H groups in total. The molecule has 6 heteroatoms. The molecule has 2 aromatic rings. The molecule has 2 aromatic carbocycles. The number of benzene rings is 2. The summed E-state index contributed by atoms with van der Waals surface area (Å²) in [4.78, 5) is 40.5. The van der Waals surface area contributed by atoms with Gasteiger partial charge >= 0.3 is 6.03 Å². The third-order valence-electron chi connectivity index (χ3n) is 6.19. The van der Waals surface area contributed by atoms with Crippen molar-refractivity contribution in [3.63, 3.8) is 0 Å². The molecular weight excluding hydrogens is 366 g/mol. The Morgan fingerprint density at radius 1 is 1.10 bits per heavy atom. The highest BCUT2D eigenvalue weighted by Gasteiger charge is 2.52. The lowest BCUT2D eigenvalue weighted by Gasteiger charge is -2.21. The van der Waals surface area contributed by atoms with Crippen molar-refractivity contribution in [2.45, 2.75) is 50.6 Å². The maximum absolute atomic E-state index is 12.7. The SMILES string of the molecule is CN(Cc1cccc2ccccc12)C(=O)CCCN1C(=O)NC2(CCCC2)C1=O. The normalized spacial score (nSPS) is 17.9. The van der Waals surface area contributed by atoms with Gasteiger partial charge in [0.1, 0.15) is 5.54 Å². The van der Waals surface area contributed by atoms with Gasteiger partial charge in [-0.3, -0.25) is 14.5 Å². The zero-order valence-electron chi connectivity index (χ0n) is 16.8. The van der Waals surface area contributed by atoms with Gasteiger partial charge in [0, 0.05) is 26.6 Å². The van der Waals surface area contributed by atoms with E-state index >= 15 is 0 Å². The molecule has 152 valence electrons. The van der Waals surface area contributed by atoms with E-state index in [0.717, 1.165) is 42.0 Å². The molecule has 6 nitrogen and oxygen atoms in total. The van der Waals surface area contributed by atoms with Crippen LogP contribution in [0.2, 0.25) is 0 Å². The Labute approximate surface area is 170 Å². The molecule has 1 saturated carbocycles. The number of hydrogen-bond acceptors (Lipinski definition) is 3. The van der Waals surface area contributed by atoms with Gasteiger partial charge in [-0.15, -0.1) is 0 Å².